The van der Waals surface area contributed by atoms with Crippen LogP contribution in [-0.4, -0.2) is 5.78 Å². The summed E-state index contributed by atoms with van der Waals surface area (Å²) in [5, 5.41) is 0. The first kappa shape index (κ1) is 8.74. The van der Waals surface area contributed by atoms with Crippen molar-refractivity contribution in [2.45, 2.75) is 44.9 Å². The van der Waals surface area contributed by atoms with Crippen LogP contribution >= 0.6 is 0 Å². The summed E-state index contributed by atoms with van der Waals surface area (Å²) in [5.74, 6) is 0.327. The Morgan fingerprint density at radius 2 is 1.77 bits per heavy atom. The molecule has 2 aliphatic carbocycles. The molecule has 0 saturated carbocycles. The third-order valence-electron chi connectivity index (χ3n) is 2.91. The van der Waals surface area contributed by atoms with E-state index < -0.39 is 0 Å². The van der Waals surface area contributed by atoms with Gasteiger partial charge in [-0.15, -0.1) is 0 Å². The van der Waals surface area contributed by atoms with Gasteiger partial charge in [-0.05, 0) is 55.7 Å². The lowest BCUT2D eigenvalue weighted by Crippen LogP contribution is -2.05. The molecule has 0 radical (unpaired) electrons. The topological polar surface area (TPSA) is 17.1 Å². The van der Waals surface area contributed by atoms with E-state index in [0.29, 0.717) is 5.78 Å². The zero-order valence-corrected chi connectivity index (χ0v) is 8.01. The van der Waals surface area contributed by atoms with Crippen LogP contribution in [-0.2, 0) is 4.79 Å². The molecular formula is C12H16O. The number of carbonyl (C=O) groups excluding carboxylic acids is 1. The molecule has 1 heteroatoms. The molecule has 0 unspecified atom stereocenters. The van der Waals surface area contributed by atoms with E-state index in [-0.39, 0.29) is 0 Å². The average Bonchev–Trinajstić information content (AvgIpc) is 2.19. The Kier molecular flexibility index (Phi) is 2.62. The van der Waals surface area contributed by atoms with Crippen molar-refractivity contribution in [3.63, 3.8) is 0 Å². The Balaban J connectivity index is 2.14. The fourth-order valence-corrected chi connectivity index (χ4v) is 2.17. The third-order valence-corrected chi connectivity index (χ3v) is 2.91. The lowest BCUT2D eigenvalue weighted by molar-refractivity contribution is -0.115. The van der Waals surface area contributed by atoms with E-state index in [9.17, 15) is 4.79 Å². The first-order valence-electron chi connectivity index (χ1n) is 5.29. The fourth-order valence-electron chi connectivity index (χ4n) is 2.17. The zero-order chi connectivity index (χ0) is 9.10. The van der Waals surface area contributed by atoms with Crippen molar-refractivity contribution in [2.75, 3.05) is 0 Å². The van der Waals surface area contributed by atoms with Crippen LogP contribution < -0.4 is 0 Å². The molecule has 0 aromatic heterocycles. The number of carbonyl (C=O) groups is 1. The van der Waals surface area contributed by atoms with E-state index in [2.05, 4.69) is 6.08 Å². The smallest absolute Gasteiger partial charge is 0.155 e. The van der Waals surface area contributed by atoms with Crippen molar-refractivity contribution < 1.29 is 4.79 Å². The van der Waals surface area contributed by atoms with E-state index in [1.807, 2.05) is 6.08 Å². The van der Waals surface area contributed by atoms with Gasteiger partial charge in [-0.25, -0.2) is 0 Å². The largest absolute Gasteiger partial charge is 0.295 e. The summed E-state index contributed by atoms with van der Waals surface area (Å²) >= 11 is 0. The number of allylic oxidation sites excluding steroid dienone is 4. The molecule has 0 saturated heterocycles. The molecule has 0 aromatic carbocycles. The van der Waals surface area contributed by atoms with Crippen molar-refractivity contribution in [1.82, 2.24) is 0 Å². The Morgan fingerprint density at radius 3 is 2.46 bits per heavy atom. The van der Waals surface area contributed by atoms with Crippen LogP contribution in [0.25, 0.3) is 0 Å². The molecule has 0 fully saturated rings. The Labute approximate surface area is 79.5 Å². The summed E-state index contributed by atoms with van der Waals surface area (Å²) in [6.07, 6.45) is 12.2. The highest BCUT2D eigenvalue weighted by atomic mass is 16.1. The number of rotatable bonds is 1. The highest BCUT2D eigenvalue weighted by Gasteiger charge is 2.14. The van der Waals surface area contributed by atoms with Gasteiger partial charge < -0.3 is 0 Å². The quantitative estimate of drug-likeness (QED) is 0.599. The Morgan fingerprint density at radius 1 is 0.923 bits per heavy atom. The fraction of sp³-hybridized carbons (Fsp3) is 0.583. The molecular weight excluding hydrogens is 160 g/mol. The van der Waals surface area contributed by atoms with Crippen LogP contribution in [0.15, 0.2) is 23.3 Å². The normalized spacial score (nSPS) is 23.8. The average molecular weight is 176 g/mol. The minimum absolute atomic E-state index is 0.327. The van der Waals surface area contributed by atoms with Crippen molar-refractivity contribution in [2.24, 2.45) is 0 Å². The second-order valence-electron chi connectivity index (χ2n) is 3.96. The van der Waals surface area contributed by atoms with Crippen LogP contribution in [0.1, 0.15) is 44.9 Å². The molecule has 2 rings (SSSR count). The number of ketones is 1. The minimum Gasteiger partial charge on any atom is -0.295 e. The standard InChI is InChI=1S/C12H16O/c13-12-8-4-7-11(9-12)10-5-2-1-3-6-10/h5,9H,1-4,6-8H2. The second kappa shape index (κ2) is 3.91. The Hall–Kier alpha value is -0.850. The number of hydrogen-bond donors (Lipinski definition) is 0. The molecule has 0 heterocycles. The van der Waals surface area contributed by atoms with Gasteiger partial charge in [0.1, 0.15) is 0 Å². The minimum atomic E-state index is 0.327. The summed E-state index contributed by atoms with van der Waals surface area (Å²) < 4.78 is 0. The highest BCUT2D eigenvalue weighted by molar-refractivity contribution is 5.91. The van der Waals surface area contributed by atoms with E-state index in [1.165, 1.54) is 36.8 Å². The SMILES string of the molecule is O=C1C=C(C2=CCCCC2)CCC1. The highest BCUT2D eigenvalue weighted by Crippen LogP contribution is 2.29. The van der Waals surface area contributed by atoms with E-state index >= 15 is 0 Å². The van der Waals surface area contributed by atoms with Gasteiger partial charge in [0.05, 0.1) is 0 Å². The molecule has 0 aliphatic heterocycles. The summed E-state index contributed by atoms with van der Waals surface area (Å²) in [6, 6.07) is 0. The summed E-state index contributed by atoms with van der Waals surface area (Å²) in [4.78, 5) is 11.2. The van der Waals surface area contributed by atoms with Gasteiger partial charge in [0.15, 0.2) is 5.78 Å². The zero-order valence-electron chi connectivity index (χ0n) is 8.01. The van der Waals surface area contributed by atoms with Crippen molar-refractivity contribution in [1.29, 1.82) is 0 Å². The first-order chi connectivity index (χ1) is 6.36. The van der Waals surface area contributed by atoms with Crippen LogP contribution in [0.3, 0.4) is 0 Å². The lowest BCUT2D eigenvalue weighted by atomic mass is 9.87. The van der Waals surface area contributed by atoms with Gasteiger partial charge >= 0.3 is 0 Å². The Bertz CT molecular complexity index is 271. The van der Waals surface area contributed by atoms with Gasteiger partial charge in [0, 0.05) is 6.42 Å². The predicted molar refractivity (Wildman–Crippen MR) is 53.5 cm³/mol. The van der Waals surface area contributed by atoms with E-state index in [0.717, 1.165) is 19.3 Å². The van der Waals surface area contributed by atoms with Crippen LogP contribution in [0, 0.1) is 0 Å². The maximum Gasteiger partial charge on any atom is 0.155 e. The molecule has 0 bridgehead atoms. The summed E-state index contributed by atoms with van der Waals surface area (Å²) in [6.45, 7) is 0. The molecule has 0 amide bonds. The summed E-state index contributed by atoms with van der Waals surface area (Å²) in [5.41, 5.74) is 2.79. The van der Waals surface area contributed by atoms with Crippen LogP contribution in [0.5, 0.6) is 0 Å². The molecule has 1 nitrogen and oxygen atoms in total. The molecule has 70 valence electrons. The molecule has 0 spiro atoms. The van der Waals surface area contributed by atoms with Crippen molar-refractivity contribution in [3.05, 3.63) is 23.3 Å². The van der Waals surface area contributed by atoms with Gasteiger partial charge in [-0.3, -0.25) is 4.79 Å². The van der Waals surface area contributed by atoms with E-state index in [1.54, 1.807) is 0 Å². The van der Waals surface area contributed by atoms with Crippen molar-refractivity contribution >= 4 is 5.78 Å². The molecule has 0 atom stereocenters. The van der Waals surface area contributed by atoms with Gasteiger partial charge in [0.25, 0.3) is 0 Å². The summed E-state index contributed by atoms with van der Waals surface area (Å²) in [7, 11) is 0. The number of hydrogen-bond acceptors (Lipinski definition) is 1. The van der Waals surface area contributed by atoms with Gasteiger partial charge in [0.2, 0.25) is 0 Å². The van der Waals surface area contributed by atoms with Gasteiger partial charge in [-0.1, -0.05) is 6.08 Å². The van der Waals surface area contributed by atoms with Crippen LogP contribution in [0.4, 0.5) is 0 Å². The molecule has 2 aliphatic rings. The van der Waals surface area contributed by atoms with E-state index in [4.69, 9.17) is 0 Å². The molecule has 13 heavy (non-hydrogen) atoms. The third kappa shape index (κ3) is 2.09. The maximum absolute atomic E-state index is 11.2. The van der Waals surface area contributed by atoms with Crippen LogP contribution in [0.2, 0.25) is 0 Å². The van der Waals surface area contributed by atoms with Crippen molar-refractivity contribution in [3.8, 4) is 0 Å². The lowest BCUT2D eigenvalue weighted by Gasteiger charge is -2.18. The first-order valence-corrected chi connectivity index (χ1v) is 5.29. The maximum atomic E-state index is 11.2. The monoisotopic (exact) mass is 176 g/mol. The predicted octanol–water partition coefficient (Wildman–Crippen LogP) is 3.17. The molecule has 0 aromatic rings. The molecule has 0 N–H and O–H groups in total. The second-order valence-corrected chi connectivity index (χ2v) is 3.96. The van der Waals surface area contributed by atoms with Gasteiger partial charge in [-0.2, -0.15) is 0 Å².